The second kappa shape index (κ2) is 7.66. The minimum absolute atomic E-state index is 0.0269. The van der Waals surface area contributed by atoms with Gasteiger partial charge in [0, 0.05) is 20.1 Å². The minimum atomic E-state index is -0.929. The van der Waals surface area contributed by atoms with E-state index in [1.807, 2.05) is 0 Å². The van der Waals surface area contributed by atoms with Crippen LogP contribution in [0, 0.1) is 0 Å². The Hall–Kier alpha value is -1.72. The van der Waals surface area contributed by atoms with Gasteiger partial charge in [-0.15, -0.1) is 0 Å². The molecular weight excluding hydrogens is 248 g/mol. The van der Waals surface area contributed by atoms with Crippen molar-refractivity contribution in [3.8, 4) is 5.75 Å². The molecule has 1 atom stereocenters. The SMILES string of the molecule is COc1cccc(C(OC)C(=O)C(=O)CCCO)c1. The number of Topliss-reactive ketones (excluding diaryl/α,β-unsaturated/α-hetero) is 2. The van der Waals surface area contributed by atoms with Crippen LogP contribution in [0.1, 0.15) is 24.5 Å². The Balaban J connectivity index is 2.86. The first-order chi connectivity index (χ1) is 9.13. The van der Waals surface area contributed by atoms with Crippen molar-refractivity contribution in [3.63, 3.8) is 0 Å². The number of ether oxygens (including phenoxy) is 2. The second-order valence-electron chi connectivity index (χ2n) is 4.01. The van der Waals surface area contributed by atoms with Gasteiger partial charge in [0.2, 0.25) is 11.6 Å². The first kappa shape index (κ1) is 15.3. The van der Waals surface area contributed by atoms with E-state index in [2.05, 4.69) is 0 Å². The number of aliphatic hydroxyl groups excluding tert-OH is 1. The summed E-state index contributed by atoms with van der Waals surface area (Å²) in [6.45, 7) is -0.115. The maximum absolute atomic E-state index is 12.0. The molecule has 0 bridgehead atoms. The molecule has 1 unspecified atom stereocenters. The van der Waals surface area contributed by atoms with E-state index in [1.54, 1.807) is 24.3 Å². The van der Waals surface area contributed by atoms with Crippen LogP contribution in [0.4, 0.5) is 0 Å². The number of aliphatic hydroxyl groups is 1. The highest BCUT2D eigenvalue weighted by molar-refractivity contribution is 6.38. The second-order valence-corrected chi connectivity index (χ2v) is 4.01. The van der Waals surface area contributed by atoms with E-state index in [9.17, 15) is 9.59 Å². The molecule has 0 amide bonds. The van der Waals surface area contributed by atoms with Gasteiger partial charge in [-0.3, -0.25) is 9.59 Å². The fraction of sp³-hybridized carbons (Fsp3) is 0.429. The van der Waals surface area contributed by atoms with Crippen molar-refractivity contribution in [1.29, 1.82) is 0 Å². The van der Waals surface area contributed by atoms with Gasteiger partial charge in [0.05, 0.1) is 7.11 Å². The molecule has 0 aliphatic rings. The molecule has 5 nitrogen and oxygen atoms in total. The molecule has 0 aliphatic heterocycles. The maximum atomic E-state index is 12.0. The van der Waals surface area contributed by atoms with Crippen LogP contribution in [0.5, 0.6) is 5.75 Å². The molecule has 0 fully saturated rings. The zero-order chi connectivity index (χ0) is 14.3. The normalized spacial score (nSPS) is 11.9. The topological polar surface area (TPSA) is 72.8 Å². The molecular formula is C14H18O5. The van der Waals surface area contributed by atoms with Crippen LogP contribution in [0.15, 0.2) is 24.3 Å². The summed E-state index contributed by atoms with van der Waals surface area (Å²) in [6.07, 6.45) is -0.626. The van der Waals surface area contributed by atoms with Gasteiger partial charge in [0.1, 0.15) is 11.9 Å². The van der Waals surface area contributed by atoms with Crippen LogP contribution in [0.25, 0.3) is 0 Å². The van der Waals surface area contributed by atoms with E-state index in [4.69, 9.17) is 14.6 Å². The predicted molar refractivity (Wildman–Crippen MR) is 69.1 cm³/mol. The molecule has 0 saturated heterocycles. The van der Waals surface area contributed by atoms with E-state index in [-0.39, 0.29) is 19.4 Å². The van der Waals surface area contributed by atoms with Crippen molar-refractivity contribution in [2.75, 3.05) is 20.8 Å². The Kier molecular flexibility index (Phi) is 6.18. The van der Waals surface area contributed by atoms with Crippen LogP contribution >= 0.6 is 0 Å². The van der Waals surface area contributed by atoms with Gasteiger partial charge < -0.3 is 14.6 Å². The molecule has 1 aromatic rings. The number of carbonyl (C=O) groups excluding carboxylic acids is 2. The van der Waals surface area contributed by atoms with E-state index in [0.29, 0.717) is 11.3 Å². The van der Waals surface area contributed by atoms with Crippen molar-refractivity contribution < 1.29 is 24.2 Å². The highest BCUT2D eigenvalue weighted by Crippen LogP contribution is 2.23. The highest BCUT2D eigenvalue weighted by atomic mass is 16.5. The fourth-order valence-corrected chi connectivity index (χ4v) is 1.71. The number of rotatable bonds is 8. The number of ketones is 2. The lowest BCUT2D eigenvalue weighted by Crippen LogP contribution is -2.23. The quantitative estimate of drug-likeness (QED) is 0.718. The summed E-state index contributed by atoms with van der Waals surface area (Å²) in [5.74, 6) is -0.553. The molecule has 5 heteroatoms. The molecule has 104 valence electrons. The minimum Gasteiger partial charge on any atom is -0.497 e. The Bertz CT molecular complexity index is 441. The van der Waals surface area contributed by atoms with Crippen molar-refractivity contribution in [2.24, 2.45) is 0 Å². The van der Waals surface area contributed by atoms with Gasteiger partial charge in [0.25, 0.3) is 0 Å². The van der Waals surface area contributed by atoms with Gasteiger partial charge in [-0.1, -0.05) is 12.1 Å². The largest absolute Gasteiger partial charge is 0.497 e. The zero-order valence-electron chi connectivity index (χ0n) is 11.1. The third-order valence-electron chi connectivity index (χ3n) is 2.71. The van der Waals surface area contributed by atoms with Crippen molar-refractivity contribution >= 4 is 11.6 Å². The number of carbonyl (C=O) groups is 2. The van der Waals surface area contributed by atoms with Crippen molar-refractivity contribution in [3.05, 3.63) is 29.8 Å². The zero-order valence-corrected chi connectivity index (χ0v) is 11.1. The summed E-state index contributed by atoms with van der Waals surface area (Å²) >= 11 is 0. The standard InChI is InChI=1S/C14H18O5/c1-18-11-6-3-5-10(9-11)14(19-2)13(17)12(16)7-4-8-15/h3,5-6,9,14-15H,4,7-8H2,1-2H3. The lowest BCUT2D eigenvalue weighted by Gasteiger charge is -2.14. The van der Waals surface area contributed by atoms with Gasteiger partial charge in [-0.2, -0.15) is 0 Å². The van der Waals surface area contributed by atoms with Gasteiger partial charge in [0.15, 0.2) is 0 Å². The van der Waals surface area contributed by atoms with Gasteiger partial charge >= 0.3 is 0 Å². The van der Waals surface area contributed by atoms with Crippen LogP contribution < -0.4 is 4.74 Å². The van der Waals surface area contributed by atoms with Gasteiger partial charge in [-0.05, 0) is 24.1 Å². The van der Waals surface area contributed by atoms with E-state index < -0.39 is 17.7 Å². The monoisotopic (exact) mass is 266 g/mol. The molecule has 0 aliphatic carbocycles. The number of benzene rings is 1. The first-order valence-corrected chi connectivity index (χ1v) is 5.98. The van der Waals surface area contributed by atoms with Crippen LogP contribution in [0.3, 0.4) is 0 Å². The Morgan fingerprint density at radius 1 is 1.32 bits per heavy atom. The maximum Gasteiger partial charge on any atom is 0.231 e. The average molecular weight is 266 g/mol. The molecule has 1 N–H and O–H groups in total. The third-order valence-corrected chi connectivity index (χ3v) is 2.71. The van der Waals surface area contributed by atoms with Crippen molar-refractivity contribution in [1.82, 2.24) is 0 Å². The van der Waals surface area contributed by atoms with Crippen molar-refractivity contribution in [2.45, 2.75) is 18.9 Å². The number of methoxy groups -OCH3 is 2. The summed E-state index contributed by atoms with van der Waals surface area (Å²) in [7, 11) is 2.90. The summed E-state index contributed by atoms with van der Waals surface area (Å²) in [4.78, 5) is 23.6. The molecule has 0 radical (unpaired) electrons. The van der Waals surface area contributed by atoms with Crippen LogP contribution in [0.2, 0.25) is 0 Å². The number of hydrogen-bond donors (Lipinski definition) is 1. The fourth-order valence-electron chi connectivity index (χ4n) is 1.71. The molecule has 0 spiro atoms. The molecule has 0 heterocycles. The smallest absolute Gasteiger partial charge is 0.231 e. The van der Waals surface area contributed by atoms with Crippen LogP contribution in [-0.2, 0) is 14.3 Å². The highest BCUT2D eigenvalue weighted by Gasteiger charge is 2.26. The summed E-state index contributed by atoms with van der Waals surface area (Å²) < 4.78 is 10.2. The molecule has 1 aromatic carbocycles. The summed E-state index contributed by atoms with van der Waals surface area (Å²) in [5.41, 5.74) is 0.573. The third kappa shape index (κ3) is 4.15. The Morgan fingerprint density at radius 2 is 2.05 bits per heavy atom. The Morgan fingerprint density at radius 3 is 2.63 bits per heavy atom. The lowest BCUT2D eigenvalue weighted by atomic mass is 10.0. The van der Waals surface area contributed by atoms with E-state index >= 15 is 0 Å². The summed E-state index contributed by atoms with van der Waals surface area (Å²) in [6, 6.07) is 6.83. The lowest BCUT2D eigenvalue weighted by molar-refractivity contribution is -0.143. The summed E-state index contributed by atoms with van der Waals surface area (Å²) in [5, 5.41) is 8.67. The van der Waals surface area contributed by atoms with Gasteiger partial charge in [-0.25, -0.2) is 0 Å². The molecule has 0 aromatic heterocycles. The first-order valence-electron chi connectivity index (χ1n) is 5.98. The molecule has 19 heavy (non-hydrogen) atoms. The van der Waals surface area contributed by atoms with E-state index in [1.165, 1.54) is 14.2 Å². The average Bonchev–Trinajstić information content (AvgIpc) is 2.45. The molecule has 1 rings (SSSR count). The van der Waals surface area contributed by atoms with Crippen LogP contribution in [-0.4, -0.2) is 37.5 Å². The number of hydrogen-bond acceptors (Lipinski definition) is 5. The predicted octanol–water partition coefficient (Wildman–Crippen LogP) is 1.29. The van der Waals surface area contributed by atoms with E-state index in [0.717, 1.165) is 0 Å². The molecule has 0 saturated carbocycles. The Labute approximate surface area is 112 Å².